The highest BCUT2D eigenvalue weighted by molar-refractivity contribution is 6.03. The van der Waals surface area contributed by atoms with Gasteiger partial charge >= 0.3 is 0 Å². The van der Waals surface area contributed by atoms with Crippen molar-refractivity contribution in [2.24, 2.45) is 5.10 Å². The first-order valence-corrected chi connectivity index (χ1v) is 8.31. The SMILES string of the molecule is COc1ccc(C2=NN(C(C)=O)[C@@H](c3cccc(OC)c3OC)C2)cc1. The highest BCUT2D eigenvalue weighted by Gasteiger charge is 2.34. The number of carbonyl (C=O) groups is 1. The van der Waals surface area contributed by atoms with Crippen molar-refractivity contribution in [2.45, 2.75) is 19.4 Å². The summed E-state index contributed by atoms with van der Waals surface area (Å²) in [6.07, 6.45) is 0.593. The number of para-hydroxylation sites is 1. The third kappa shape index (κ3) is 3.22. The van der Waals surface area contributed by atoms with Crippen molar-refractivity contribution in [3.05, 3.63) is 53.6 Å². The van der Waals surface area contributed by atoms with Crippen LogP contribution < -0.4 is 14.2 Å². The van der Waals surface area contributed by atoms with Crippen LogP contribution in [-0.2, 0) is 4.79 Å². The molecule has 0 spiro atoms. The largest absolute Gasteiger partial charge is 0.497 e. The number of amides is 1. The molecule has 2 aromatic carbocycles. The highest BCUT2D eigenvalue weighted by Crippen LogP contribution is 2.41. The Morgan fingerprint density at radius 3 is 2.35 bits per heavy atom. The summed E-state index contributed by atoms with van der Waals surface area (Å²) in [4.78, 5) is 12.2. The second kappa shape index (κ2) is 7.47. The summed E-state index contributed by atoms with van der Waals surface area (Å²) < 4.78 is 16.1. The topological polar surface area (TPSA) is 60.4 Å². The standard InChI is InChI=1S/C20H22N2O4/c1-13(23)22-18(16-6-5-7-19(25-3)20(16)26-4)12-17(21-22)14-8-10-15(24-2)11-9-14/h5-11,18H,12H2,1-4H3/t18-/m1/s1. The van der Waals surface area contributed by atoms with Crippen molar-refractivity contribution in [1.82, 2.24) is 5.01 Å². The second-order valence-electron chi connectivity index (χ2n) is 5.94. The van der Waals surface area contributed by atoms with Crippen molar-refractivity contribution in [2.75, 3.05) is 21.3 Å². The molecule has 1 aliphatic heterocycles. The van der Waals surface area contributed by atoms with E-state index in [4.69, 9.17) is 14.2 Å². The Hall–Kier alpha value is -3.02. The predicted octanol–water partition coefficient (Wildman–Crippen LogP) is 3.41. The van der Waals surface area contributed by atoms with Gasteiger partial charge in [-0.15, -0.1) is 0 Å². The molecular formula is C20H22N2O4. The number of rotatable bonds is 5. The van der Waals surface area contributed by atoms with Crippen LogP contribution in [0.25, 0.3) is 0 Å². The first-order chi connectivity index (χ1) is 12.6. The average Bonchev–Trinajstić information content (AvgIpc) is 3.12. The minimum absolute atomic E-state index is 0.122. The Labute approximate surface area is 153 Å². The lowest BCUT2D eigenvalue weighted by atomic mass is 9.97. The summed E-state index contributed by atoms with van der Waals surface area (Å²) in [5.74, 6) is 1.91. The van der Waals surface area contributed by atoms with Crippen LogP contribution in [0.3, 0.4) is 0 Å². The van der Waals surface area contributed by atoms with E-state index >= 15 is 0 Å². The number of benzene rings is 2. The Kier molecular flexibility index (Phi) is 5.11. The number of methoxy groups -OCH3 is 3. The molecule has 6 nitrogen and oxygen atoms in total. The second-order valence-corrected chi connectivity index (χ2v) is 5.94. The molecule has 1 atom stereocenters. The molecule has 0 saturated carbocycles. The smallest absolute Gasteiger partial charge is 0.240 e. The van der Waals surface area contributed by atoms with Gasteiger partial charge in [0.15, 0.2) is 11.5 Å². The van der Waals surface area contributed by atoms with Gasteiger partial charge in [0.2, 0.25) is 5.91 Å². The molecule has 136 valence electrons. The molecule has 0 fully saturated rings. The van der Waals surface area contributed by atoms with E-state index in [1.165, 1.54) is 11.9 Å². The molecule has 2 aromatic rings. The Balaban J connectivity index is 1.98. The summed E-state index contributed by atoms with van der Waals surface area (Å²) in [5.41, 5.74) is 2.67. The van der Waals surface area contributed by atoms with Crippen molar-refractivity contribution >= 4 is 11.6 Å². The summed E-state index contributed by atoms with van der Waals surface area (Å²) in [6, 6.07) is 13.1. The van der Waals surface area contributed by atoms with Crippen LogP contribution in [0.15, 0.2) is 47.6 Å². The van der Waals surface area contributed by atoms with Gasteiger partial charge in [-0.25, -0.2) is 5.01 Å². The molecule has 26 heavy (non-hydrogen) atoms. The predicted molar refractivity (Wildman–Crippen MR) is 99.0 cm³/mol. The van der Waals surface area contributed by atoms with Crippen LogP contribution in [-0.4, -0.2) is 38.0 Å². The monoisotopic (exact) mass is 354 g/mol. The zero-order chi connectivity index (χ0) is 18.7. The van der Waals surface area contributed by atoms with Gasteiger partial charge in [0, 0.05) is 18.9 Å². The normalized spacial score (nSPS) is 16.2. The number of nitrogens with zero attached hydrogens (tertiary/aromatic N) is 2. The van der Waals surface area contributed by atoms with Gasteiger partial charge in [0.05, 0.1) is 33.1 Å². The molecule has 0 bridgehead atoms. The molecule has 0 aromatic heterocycles. The minimum Gasteiger partial charge on any atom is -0.497 e. The lowest BCUT2D eigenvalue weighted by molar-refractivity contribution is -0.130. The van der Waals surface area contributed by atoms with Crippen molar-refractivity contribution in [3.8, 4) is 17.2 Å². The van der Waals surface area contributed by atoms with Gasteiger partial charge < -0.3 is 14.2 Å². The van der Waals surface area contributed by atoms with Crippen LogP contribution in [0, 0.1) is 0 Å². The van der Waals surface area contributed by atoms with Gasteiger partial charge in [-0.2, -0.15) is 5.10 Å². The fourth-order valence-corrected chi connectivity index (χ4v) is 3.18. The molecule has 1 aliphatic rings. The van der Waals surface area contributed by atoms with E-state index in [9.17, 15) is 4.79 Å². The molecule has 0 aliphatic carbocycles. The molecule has 6 heteroatoms. The Bertz CT molecular complexity index is 830. The van der Waals surface area contributed by atoms with Gasteiger partial charge in [-0.1, -0.05) is 12.1 Å². The van der Waals surface area contributed by atoms with E-state index in [2.05, 4.69) is 5.10 Å². The molecule has 0 saturated heterocycles. The molecule has 0 N–H and O–H groups in total. The van der Waals surface area contributed by atoms with Crippen molar-refractivity contribution in [3.63, 3.8) is 0 Å². The Morgan fingerprint density at radius 2 is 1.77 bits per heavy atom. The molecule has 3 rings (SSSR count). The van der Waals surface area contributed by atoms with E-state index in [1.807, 2.05) is 42.5 Å². The molecule has 1 heterocycles. The van der Waals surface area contributed by atoms with E-state index in [0.717, 1.165) is 22.6 Å². The average molecular weight is 354 g/mol. The molecule has 0 unspecified atom stereocenters. The molecule has 1 amide bonds. The van der Waals surface area contributed by atoms with Crippen LogP contribution in [0.4, 0.5) is 0 Å². The summed E-state index contributed by atoms with van der Waals surface area (Å²) >= 11 is 0. The summed E-state index contributed by atoms with van der Waals surface area (Å²) in [7, 11) is 4.82. The maximum absolute atomic E-state index is 12.2. The van der Waals surface area contributed by atoms with Gasteiger partial charge in [-0.05, 0) is 35.9 Å². The van der Waals surface area contributed by atoms with Crippen LogP contribution in [0.1, 0.15) is 30.5 Å². The van der Waals surface area contributed by atoms with Crippen LogP contribution in [0.2, 0.25) is 0 Å². The van der Waals surface area contributed by atoms with E-state index in [-0.39, 0.29) is 11.9 Å². The number of hydrazone groups is 1. The zero-order valence-corrected chi connectivity index (χ0v) is 15.4. The summed E-state index contributed by atoms with van der Waals surface area (Å²) in [6.45, 7) is 1.51. The fraction of sp³-hybridized carbons (Fsp3) is 0.300. The molecular weight excluding hydrogens is 332 g/mol. The lowest BCUT2D eigenvalue weighted by Crippen LogP contribution is -2.24. The zero-order valence-electron chi connectivity index (χ0n) is 15.4. The van der Waals surface area contributed by atoms with Crippen LogP contribution >= 0.6 is 0 Å². The third-order valence-electron chi connectivity index (χ3n) is 4.45. The number of hydrogen-bond acceptors (Lipinski definition) is 5. The maximum atomic E-state index is 12.2. The van der Waals surface area contributed by atoms with Gasteiger partial charge in [0.25, 0.3) is 0 Å². The van der Waals surface area contributed by atoms with E-state index in [1.54, 1.807) is 21.3 Å². The first-order valence-electron chi connectivity index (χ1n) is 8.31. The Morgan fingerprint density at radius 1 is 1.04 bits per heavy atom. The van der Waals surface area contributed by atoms with E-state index in [0.29, 0.717) is 17.9 Å². The van der Waals surface area contributed by atoms with E-state index < -0.39 is 0 Å². The van der Waals surface area contributed by atoms with Crippen molar-refractivity contribution in [1.29, 1.82) is 0 Å². The fourth-order valence-electron chi connectivity index (χ4n) is 3.18. The van der Waals surface area contributed by atoms with Gasteiger partial charge in [-0.3, -0.25) is 4.79 Å². The summed E-state index contributed by atoms with van der Waals surface area (Å²) in [5, 5.41) is 6.08. The lowest BCUT2D eigenvalue weighted by Gasteiger charge is -2.23. The van der Waals surface area contributed by atoms with Gasteiger partial charge in [0.1, 0.15) is 5.75 Å². The quantitative estimate of drug-likeness (QED) is 0.826. The number of hydrogen-bond donors (Lipinski definition) is 0. The number of carbonyl (C=O) groups excluding carboxylic acids is 1. The number of ether oxygens (including phenoxy) is 3. The molecule has 0 radical (unpaired) electrons. The van der Waals surface area contributed by atoms with Crippen LogP contribution in [0.5, 0.6) is 17.2 Å². The third-order valence-corrected chi connectivity index (χ3v) is 4.45. The maximum Gasteiger partial charge on any atom is 0.240 e. The minimum atomic E-state index is -0.241. The first kappa shape index (κ1) is 17.8. The highest BCUT2D eigenvalue weighted by atomic mass is 16.5. The van der Waals surface area contributed by atoms with Crippen molar-refractivity contribution < 1.29 is 19.0 Å².